The van der Waals surface area contributed by atoms with Crippen molar-refractivity contribution < 1.29 is 17.7 Å². The summed E-state index contributed by atoms with van der Waals surface area (Å²) in [5.74, 6) is 5.46. The smallest absolute Gasteiger partial charge is 0.238 e. The van der Waals surface area contributed by atoms with Crippen LogP contribution in [0.5, 0.6) is 0 Å². The first-order valence-electron chi connectivity index (χ1n) is 47.6. The number of rotatable bonds is 12. The van der Waals surface area contributed by atoms with Crippen LogP contribution in [0.1, 0.15) is 0 Å². The van der Waals surface area contributed by atoms with Gasteiger partial charge in [0.25, 0.3) is 0 Å². The van der Waals surface area contributed by atoms with Crippen LogP contribution in [-0.2, 0) is 0 Å². The van der Waals surface area contributed by atoms with Crippen molar-refractivity contribution in [2.45, 2.75) is 0 Å². The molecule has 0 unspecified atom stereocenters. The van der Waals surface area contributed by atoms with Gasteiger partial charge in [0.15, 0.2) is 46.6 Å². The molecule has 0 aliphatic carbocycles. The number of para-hydroxylation sites is 8. The Labute approximate surface area is 815 Å². The second kappa shape index (κ2) is 33.6. The highest BCUT2D eigenvalue weighted by Gasteiger charge is 2.27. The summed E-state index contributed by atoms with van der Waals surface area (Å²) in [4.78, 5) is 45.2. The number of fused-ring (bicyclic) bond motifs is 22. The van der Waals surface area contributed by atoms with Gasteiger partial charge in [-0.15, -0.1) is 0 Å². The van der Waals surface area contributed by atoms with E-state index in [2.05, 4.69) is 268 Å². The van der Waals surface area contributed by atoms with E-state index in [9.17, 15) is 0 Å². The summed E-state index contributed by atoms with van der Waals surface area (Å²) < 4.78 is 32.2. The van der Waals surface area contributed by atoms with Gasteiger partial charge in [-0.2, -0.15) is 9.97 Å². The van der Waals surface area contributed by atoms with Crippen LogP contribution < -0.4 is 0 Å². The minimum atomic E-state index is 0.522. The molecular formula is C127H76N12O4. The zero-order valence-electron chi connectivity index (χ0n) is 76.4. The highest BCUT2D eigenvalue weighted by molar-refractivity contribution is 6.21. The lowest BCUT2D eigenvalue weighted by Gasteiger charge is -2.15. The number of hydrogen-bond donors (Lipinski definition) is 0. The molecule has 10 aromatic heterocycles. The molecule has 0 N–H and O–H groups in total. The fraction of sp³-hybridized carbons (Fsp3) is 0. The Kier molecular flexibility index (Phi) is 19.2. The number of furan rings is 4. The molecule has 16 nitrogen and oxygen atoms in total. The molecule has 10 heterocycles. The van der Waals surface area contributed by atoms with E-state index in [1.54, 1.807) is 0 Å². The summed E-state index contributed by atoms with van der Waals surface area (Å²) in [6.07, 6.45) is 0. The Balaban J connectivity index is 0.000000105. The Bertz CT molecular complexity index is 10200. The van der Waals surface area contributed by atoms with E-state index in [0.29, 0.717) is 52.5 Å². The van der Waals surface area contributed by atoms with E-state index in [-0.39, 0.29) is 0 Å². The molecule has 16 heteroatoms. The minimum Gasteiger partial charge on any atom is -0.456 e. The molecule has 20 aromatic carbocycles. The quantitative estimate of drug-likeness (QED) is 0.113. The van der Waals surface area contributed by atoms with Crippen molar-refractivity contribution in [3.05, 3.63) is 461 Å². The van der Waals surface area contributed by atoms with Gasteiger partial charge in [-0.05, 0) is 120 Å². The fourth-order valence-corrected chi connectivity index (χ4v) is 20.7. The zero-order chi connectivity index (χ0) is 94.1. The highest BCUT2D eigenvalue weighted by Crippen LogP contribution is 2.46. The molecule has 30 aromatic rings. The second-order valence-corrected chi connectivity index (χ2v) is 35.8. The maximum atomic E-state index is 6.41. The van der Waals surface area contributed by atoms with Gasteiger partial charge in [-0.3, -0.25) is 4.57 Å². The van der Waals surface area contributed by atoms with Crippen molar-refractivity contribution in [2.75, 3.05) is 0 Å². The van der Waals surface area contributed by atoms with Crippen molar-refractivity contribution in [3.8, 4) is 120 Å². The van der Waals surface area contributed by atoms with Crippen LogP contribution >= 0.6 is 0 Å². The molecule has 143 heavy (non-hydrogen) atoms. The fourth-order valence-electron chi connectivity index (χ4n) is 20.7. The minimum absolute atomic E-state index is 0.522. The molecule has 668 valence electrons. The number of aromatic nitrogens is 12. The predicted molar refractivity (Wildman–Crippen MR) is 578 cm³/mol. The first-order valence-corrected chi connectivity index (χ1v) is 47.6. The van der Waals surface area contributed by atoms with E-state index in [1.807, 2.05) is 206 Å². The van der Waals surface area contributed by atoms with E-state index >= 15 is 0 Å². The van der Waals surface area contributed by atoms with Crippen LogP contribution in [0.3, 0.4) is 0 Å². The topological polar surface area (TPSA) is 183 Å². The van der Waals surface area contributed by atoms with Gasteiger partial charge in [0.1, 0.15) is 44.7 Å². The van der Waals surface area contributed by atoms with E-state index in [0.717, 1.165) is 204 Å². The third-order valence-corrected chi connectivity index (χ3v) is 27.4. The van der Waals surface area contributed by atoms with Crippen LogP contribution in [0, 0.1) is 0 Å². The van der Waals surface area contributed by atoms with Crippen molar-refractivity contribution in [1.82, 2.24) is 58.6 Å². The molecule has 0 aliphatic rings. The molecule has 0 atom stereocenters. The summed E-state index contributed by atoms with van der Waals surface area (Å²) in [7, 11) is 0. The molecule has 0 saturated carbocycles. The van der Waals surface area contributed by atoms with Gasteiger partial charge in [-0.1, -0.05) is 340 Å². The standard InChI is InChI=1S/C45H28N4O.C43H26N4O.C39H22N4O2/c1-3-11-29(12-4-1)30-19-21-32(22-20-30)44-46-43(31-13-5-2-6-14-31)47-45(48-44)33-23-25-34(26-24-33)49-39-17-9-7-15-35(39)37-27-38-36-16-8-10-18-41(36)50-42(38)28-40(37)49;1-3-13-27(14-4-1)41-44-42(28-15-5-2-6-16-28)46-43(45-41)33-23-24-37(30-18-8-7-17-29(30)33)47-36-21-11-9-19-31(36)34-25-35-32-20-10-12-22-39(32)48-40(35)26-38(34)47;1-2-11-23(12-3-1)37-40-38(28-17-10-16-27-25-14-5-9-20-34(25)45-36(27)28)42-39(41-37)43-31-18-7-4-13-24(31)29-21-30-26-15-6-8-19-33(26)44-35(30)22-32(29)43/h1-28H;1-26H;1-22H. The van der Waals surface area contributed by atoms with Crippen LogP contribution in [0.4, 0.5) is 0 Å². The Morgan fingerprint density at radius 2 is 0.441 bits per heavy atom. The zero-order valence-corrected chi connectivity index (χ0v) is 76.4. The average Bonchev–Trinajstić information content (AvgIpc) is 1.57. The molecule has 0 saturated heterocycles. The second-order valence-electron chi connectivity index (χ2n) is 35.8. The third-order valence-electron chi connectivity index (χ3n) is 27.4. The lowest BCUT2D eigenvalue weighted by molar-refractivity contribution is 0.669. The summed E-state index contributed by atoms with van der Waals surface area (Å²) in [6.45, 7) is 0. The SMILES string of the molecule is c1ccc(-c2ccc(-c3nc(-c4ccccc4)nc(-c4ccc(-n5c6ccccc6c6cc7c(cc65)oc5ccccc57)cc4)n3)cc2)cc1.c1ccc(-c2nc(-c3cccc4c3oc3ccccc34)nc(-n3c4ccccc4c4cc5c(cc43)oc3ccccc35)n2)cc1.c1ccc(-c2nc(-c3ccccc3)nc(-c3ccc(-n4c5ccccc5c5cc6c(cc54)oc4ccccc46)c4ccccc34)n2)cc1. The van der Waals surface area contributed by atoms with Gasteiger partial charge in [0.2, 0.25) is 5.95 Å². The molecule has 0 fully saturated rings. The van der Waals surface area contributed by atoms with Gasteiger partial charge < -0.3 is 26.8 Å². The van der Waals surface area contributed by atoms with Crippen LogP contribution in [0.15, 0.2) is 479 Å². The summed E-state index contributed by atoms with van der Waals surface area (Å²) in [6, 6.07) is 158. The van der Waals surface area contributed by atoms with Gasteiger partial charge in [0.05, 0.1) is 44.4 Å². The largest absolute Gasteiger partial charge is 0.456 e. The van der Waals surface area contributed by atoms with Gasteiger partial charge in [0, 0.05) is 144 Å². The maximum Gasteiger partial charge on any atom is 0.238 e. The van der Waals surface area contributed by atoms with E-state index < -0.39 is 0 Å². The van der Waals surface area contributed by atoms with Crippen LogP contribution in [-0.4, -0.2) is 58.6 Å². The molecule has 0 amide bonds. The molecule has 0 aliphatic heterocycles. The van der Waals surface area contributed by atoms with Crippen LogP contribution in [0.25, 0.3) is 283 Å². The summed E-state index contributed by atoms with van der Waals surface area (Å²) in [5, 5.41) is 17.9. The monoisotopic (exact) mass is 1830 g/mol. The van der Waals surface area contributed by atoms with E-state index in [4.69, 9.17) is 62.5 Å². The number of nitrogens with zero attached hydrogens (tertiary/aromatic N) is 12. The van der Waals surface area contributed by atoms with Gasteiger partial charge in [-0.25, -0.2) is 34.9 Å². The van der Waals surface area contributed by atoms with Crippen molar-refractivity contribution in [2.24, 2.45) is 0 Å². The van der Waals surface area contributed by atoms with Crippen molar-refractivity contribution in [1.29, 1.82) is 0 Å². The number of benzene rings is 20. The molecular weight excluding hydrogens is 1760 g/mol. The Morgan fingerprint density at radius 1 is 0.147 bits per heavy atom. The van der Waals surface area contributed by atoms with Crippen LogP contribution in [0.2, 0.25) is 0 Å². The van der Waals surface area contributed by atoms with Crippen molar-refractivity contribution in [3.63, 3.8) is 0 Å². The van der Waals surface area contributed by atoms with Gasteiger partial charge >= 0.3 is 0 Å². The number of hydrogen-bond acceptors (Lipinski definition) is 13. The maximum absolute atomic E-state index is 6.41. The summed E-state index contributed by atoms with van der Waals surface area (Å²) in [5.41, 5.74) is 25.0. The first-order chi connectivity index (χ1) is 70.9. The Hall–Kier alpha value is -19.7. The molecule has 0 spiro atoms. The average molecular weight is 1830 g/mol. The first kappa shape index (κ1) is 81.6. The van der Waals surface area contributed by atoms with E-state index in [1.165, 1.54) is 27.1 Å². The highest BCUT2D eigenvalue weighted by atomic mass is 16.3. The summed E-state index contributed by atoms with van der Waals surface area (Å²) >= 11 is 0. The molecule has 0 bridgehead atoms. The lowest BCUT2D eigenvalue weighted by Crippen LogP contribution is -2.06. The molecule has 0 radical (unpaired) electrons. The third kappa shape index (κ3) is 14.0. The normalized spacial score (nSPS) is 11.8. The lowest BCUT2D eigenvalue weighted by atomic mass is 10.0. The van der Waals surface area contributed by atoms with Crippen molar-refractivity contribution >= 4 is 164 Å². The predicted octanol–water partition coefficient (Wildman–Crippen LogP) is 32.7. The Morgan fingerprint density at radius 3 is 0.888 bits per heavy atom. The molecule has 30 rings (SSSR count).